The Balaban J connectivity index is 1.21. The van der Waals surface area contributed by atoms with Crippen molar-refractivity contribution >= 4 is 5.91 Å². The van der Waals surface area contributed by atoms with Gasteiger partial charge in [0, 0.05) is 12.6 Å². The Morgan fingerprint density at radius 1 is 0.867 bits per heavy atom. The van der Waals surface area contributed by atoms with Crippen LogP contribution in [0, 0.1) is 0 Å². The van der Waals surface area contributed by atoms with E-state index in [0.717, 1.165) is 47.7 Å². The third kappa shape index (κ3) is 7.37. The van der Waals surface area contributed by atoms with Gasteiger partial charge in [0.2, 0.25) is 0 Å². The van der Waals surface area contributed by atoms with E-state index in [1.165, 1.54) is 18.2 Å². The van der Waals surface area contributed by atoms with Crippen LogP contribution in [0.15, 0.2) is 72.8 Å². The molecule has 1 fully saturated rings. The summed E-state index contributed by atoms with van der Waals surface area (Å²) in [6.07, 6.45) is -6.78. The average molecular weight is 634 g/mol. The molecule has 242 valence electrons. The van der Waals surface area contributed by atoms with Gasteiger partial charge in [-0.15, -0.1) is 0 Å². The first kappa shape index (κ1) is 33.0. The Bertz CT molecular complexity index is 1430. The second-order valence-corrected chi connectivity index (χ2v) is 11.9. The molecule has 11 heteroatoms. The highest BCUT2D eigenvalue weighted by atomic mass is 19.4. The number of hydrogen-bond donors (Lipinski definition) is 3. The van der Waals surface area contributed by atoms with E-state index in [4.69, 9.17) is 0 Å². The zero-order valence-electron chi connectivity index (χ0n) is 24.7. The quantitative estimate of drug-likeness (QED) is 0.129. The van der Waals surface area contributed by atoms with Gasteiger partial charge >= 0.3 is 12.4 Å². The highest BCUT2D eigenvalue weighted by molar-refractivity contribution is 5.96. The molecular weight excluding hydrogens is 596 g/mol. The number of benzene rings is 3. The smallest absolute Gasteiger partial charge is 0.377 e. The standard InChI is InChI=1S/C34H37F6N3O2/c35-33(36,37)22-41-31(45)32(27-14-4-1-11-24(27)25-12-2-5-15-28(25)32)18-7-8-19-43-20-9-10-23(17-21-43)42-30(44)26-13-3-6-16-29(26)34(38,39)40/h1-6,11-16,23,31,41,45H,7-10,17-22H2,(H,42,44). The molecule has 0 aromatic heterocycles. The Hall–Kier alpha value is -3.41. The number of nitrogens with one attached hydrogen (secondary N) is 2. The van der Waals surface area contributed by atoms with Crippen LogP contribution in [-0.2, 0) is 11.6 Å². The minimum Gasteiger partial charge on any atom is -0.377 e. The van der Waals surface area contributed by atoms with Crippen molar-refractivity contribution in [2.45, 2.75) is 68.6 Å². The number of rotatable bonds is 10. The van der Waals surface area contributed by atoms with Gasteiger partial charge in [0.15, 0.2) is 0 Å². The summed E-state index contributed by atoms with van der Waals surface area (Å²) in [4.78, 5) is 15.0. The van der Waals surface area contributed by atoms with Crippen LogP contribution in [0.2, 0.25) is 0 Å². The molecule has 0 radical (unpaired) electrons. The number of likely N-dealkylation sites (tertiary alicyclic amines) is 1. The van der Waals surface area contributed by atoms with Gasteiger partial charge in [-0.3, -0.25) is 10.1 Å². The fraction of sp³-hybridized carbons (Fsp3) is 0.441. The maximum absolute atomic E-state index is 13.4. The summed E-state index contributed by atoms with van der Waals surface area (Å²) >= 11 is 0. The normalized spacial score (nSPS) is 19.0. The molecule has 0 spiro atoms. The first-order chi connectivity index (χ1) is 21.4. The lowest BCUT2D eigenvalue weighted by atomic mass is 9.72. The van der Waals surface area contributed by atoms with Crippen LogP contribution in [-0.4, -0.2) is 60.5 Å². The molecular formula is C34H37F6N3O2. The van der Waals surface area contributed by atoms with Crippen molar-refractivity contribution in [3.8, 4) is 11.1 Å². The van der Waals surface area contributed by atoms with E-state index in [1.54, 1.807) is 0 Å². The van der Waals surface area contributed by atoms with Crippen LogP contribution in [0.5, 0.6) is 0 Å². The summed E-state index contributed by atoms with van der Waals surface area (Å²) in [5.41, 5.74) is 1.00. The predicted octanol–water partition coefficient (Wildman–Crippen LogP) is 6.90. The van der Waals surface area contributed by atoms with Crippen molar-refractivity contribution < 1.29 is 36.2 Å². The number of amides is 1. The van der Waals surface area contributed by atoms with Crippen molar-refractivity contribution in [1.29, 1.82) is 0 Å². The number of halogens is 6. The number of hydrogen-bond acceptors (Lipinski definition) is 4. The zero-order chi connectivity index (χ0) is 32.2. The van der Waals surface area contributed by atoms with E-state index >= 15 is 0 Å². The van der Waals surface area contributed by atoms with Crippen LogP contribution in [0.25, 0.3) is 11.1 Å². The minimum atomic E-state index is -4.63. The number of aliphatic hydroxyl groups excluding tert-OH is 1. The molecule has 5 nitrogen and oxygen atoms in total. The fourth-order valence-electron chi connectivity index (χ4n) is 6.90. The molecule has 3 N–H and O–H groups in total. The van der Waals surface area contributed by atoms with Gasteiger partial charge in [0.25, 0.3) is 5.91 Å². The molecule has 5 rings (SSSR count). The third-order valence-corrected chi connectivity index (χ3v) is 9.00. The second kappa shape index (κ2) is 13.5. The molecule has 0 bridgehead atoms. The second-order valence-electron chi connectivity index (χ2n) is 11.9. The lowest BCUT2D eigenvalue weighted by Gasteiger charge is -2.38. The van der Waals surface area contributed by atoms with Crippen molar-refractivity contribution in [1.82, 2.24) is 15.5 Å². The fourth-order valence-corrected chi connectivity index (χ4v) is 6.90. The number of nitrogens with zero attached hydrogens (tertiary/aromatic N) is 1. The number of fused-ring (bicyclic) bond motifs is 3. The highest BCUT2D eigenvalue weighted by Gasteiger charge is 2.48. The maximum atomic E-state index is 13.4. The highest BCUT2D eigenvalue weighted by Crippen LogP contribution is 2.52. The largest absolute Gasteiger partial charge is 0.417 e. The SMILES string of the molecule is O=C(NC1CCCN(CCCCC2(C(O)NCC(F)(F)F)c3ccccc3-c3ccccc32)CC1)c1ccccc1C(F)(F)F. The lowest BCUT2D eigenvalue weighted by molar-refractivity contribution is -0.138. The minimum absolute atomic E-state index is 0.256. The molecule has 1 amide bonds. The van der Waals surface area contributed by atoms with E-state index in [1.807, 2.05) is 48.5 Å². The van der Waals surface area contributed by atoms with Crippen molar-refractivity contribution in [2.24, 2.45) is 0 Å². The Morgan fingerprint density at radius 3 is 2.13 bits per heavy atom. The summed E-state index contributed by atoms with van der Waals surface area (Å²) in [6, 6.07) is 19.6. The van der Waals surface area contributed by atoms with Crippen LogP contribution >= 0.6 is 0 Å². The van der Waals surface area contributed by atoms with E-state index in [9.17, 15) is 36.2 Å². The van der Waals surface area contributed by atoms with Crippen LogP contribution in [0.1, 0.15) is 65.6 Å². The van der Waals surface area contributed by atoms with Gasteiger partial charge in [0.05, 0.1) is 23.1 Å². The van der Waals surface area contributed by atoms with E-state index in [-0.39, 0.29) is 11.6 Å². The zero-order valence-corrected chi connectivity index (χ0v) is 24.7. The summed E-state index contributed by atoms with van der Waals surface area (Å²) in [6.45, 7) is 0.813. The van der Waals surface area contributed by atoms with Crippen LogP contribution < -0.4 is 10.6 Å². The molecule has 0 saturated carbocycles. The van der Waals surface area contributed by atoms with Gasteiger partial charge < -0.3 is 15.3 Å². The first-order valence-corrected chi connectivity index (χ1v) is 15.3. The molecule has 3 aromatic rings. The first-order valence-electron chi connectivity index (χ1n) is 15.3. The molecule has 1 aliphatic carbocycles. The van der Waals surface area contributed by atoms with Crippen molar-refractivity contribution in [2.75, 3.05) is 26.2 Å². The monoisotopic (exact) mass is 633 g/mol. The lowest BCUT2D eigenvalue weighted by Crippen LogP contribution is -2.51. The molecule has 2 aliphatic rings. The van der Waals surface area contributed by atoms with Crippen LogP contribution in [0.4, 0.5) is 26.3 Å². The summed E-state index contributed by atoms with van der Waals surface area (Å²) in [7, 11) is 0. The predicted molar refractivity (Wildman–Crippen MR) is 160 cm³/mol. The molecule has 3 aromatic carbocycles. The summed E-state index contributed by atoms with van der Waals surface area (Å²) < 4.78 is 79.7. The topological polar surface area (TPSA) is 64.6 Å². The molecule has 1 aliphatic heterocycles. The number of aliphatic hydroxyl groups is 1. The third-order valence-electron chi connectivity index (χ3n) is 9.00. The number of alkyl halides is 6. The van der Waals surface area contributed by atoms with E-state index in [2.05, 4.69) is 15.5 Å². The van der Waals surface area contributed by atoms with E-state index in [0.29, 0.717) is 38.8 Å². The molecule has 1 saturated heterocycles. The number of unbranched alkanes of at least 4 members (excludes halogenated alkanes) is 1. The van der Waals surface area contributed by atoms with Crippen LogP contribution in [0.3, 0.4) is 0 Å². The number of carbonyl (C=O) groups excluding carboxylic acids is 1. The number of carbonyl (C=O) groups is 1. The Labute approximate surface area is 258 Å². The van der Waals surface area contributed by atoms with Gasteiger partial charge in [-0.25, -0.2) is 0 Å². The molecule has 2 atom stereocenters. The molecule has 1 heterocycles. The average Bonchev–Trinajstić information content (AvgIpc) is 3.11. The van der Waals surface area contributed by atoms with E-state index < -0.39 is 42.0 Å². The summed E-state index contributed by atoms with van der Waals surface area (Å²) in [5.74, 6) is -0.735. The Kier molecular flexibility index (Phi) is 9.91. The summed E-state index contributed by atoms with van der Waals surface area (Å²) in [5, 5.41) is 16.5. The van der Waals surface area contributed by atoms with Crippen molar-refractivity contribution in [3.63, 3.8) is 0 Å². The van der Waals surface area contributed by atoms with Gasteiger partial charge in [0.1, 0.15) is 6.23 Å². The Morgan fingerprint density at radius 2 is 1.49 bits per heavy atom. The van der Waals surface area contributed by atoms with Crippen molar-refractivity contribution in [3.05, 3.63) is 95.1 Å². The van der Waals surface area contributed by atoms with Gasteiger partial charge in [-0.05, 0) is 79.6 Å². The van der Waals surface area contributed by atoms with Gasteiger partial charge in [-0.1, -0.05) is 67.1 Å². The molecule has 2 unspecified atom stereocenters. The molecule has 45 heavy (non-hydrogen) atoms. The van der Waals surface area contributed by atoms with Gasteiger partial charge in [-0.2, -0.15) is 26.3 Å². The maximum Gasteiger partial charge on any atom is 0.417 e.